The highest BCUT2D eigenvalue weighted by molar-refractivity contribution is 5.83. The van der Waals surface area contributed by atoms with Crippen molar-refractivity contribution in [1.82, 2.24) is 15.1 Å². The Bertz CT molecular complexity index is 884. The van der Waals surface area contributed by atoms with Crippen LogP contribution in [0.4, 0.5) is 10.4 Å². The summed E-state index contributed by atoms with van der Waals surface area (Å²) in [5.74, 6) is 0.510. The van der Waals surface area contributed by atoms with E-state index in [-0.39, 0.29) is 29.6 Å². The van der Waals surface area contributed by atoms with Gasteiger partial charge in [-0.15, -0.1) is 5.10 Å². The number of nitrogens with zero attached hydrogens (tertiary/aromatic N) is 3. The monoisotopic (exact) mass is 384 g/mol. The zero-order valence-electron chi connectivity index (χ0n) is 16.0. The van der Waals surface area contributed by atoms with Gasteiger partial charge in [-0.2, -0.15) is 0 Å². The van der Waals surface area contributed by atoms with Crippen molar-refractivity contribution in [3.63, 3.8) is 0 Å². The van der Waals surface area contributed by atoms with Crippen LogP contribution in [0.5, 0.6) is 0 Å². The molecule has 28 heavy (non-hydrogen) atoms. The molecule has 1 unspecified atom stereocenters. The zero-order chi connectivity index (χ0) is 19.3. The SMILES string of the molecule is C[C@@H](Nc1nnc([C@@H]2CC2c2ccccc2F)o1)C(=O)N1CCC2(CC1)CC2. The van der Waals surface area contributed by atoms with Crippen LogP contribution in [-0.4, -0.2) is 40.1 Å². The molecule has 3 atom stereocenters. The Hall–Kier alpha value is -2.44. The van der Waals surface area contributed by atoms with Crippen LogP contribution in [0.3, 0.4) is 0 Å². The van der Waals surface area contributed by atoms with E-state index in [4.69, 9.17) is 4.42 Å². The molecule has 2 saturated carbocycles. The Morgan fingerprint density at radius 2 is 1.96 bits per heavy atom. The second-order valence-corrected chi connectivity index (χ2v) is 8.61. The Labute approximate surface area is 163 Å². The second-order valence-electron chi connectivity index (χ2n) is 8.61. The minimum absolute atomic E-state index is 0.0442. The summed E-state index contributed by atoms with van der Waals surface area (Å²) in [7, 11) is 0. The van der Waals surface area contributed by atoms with Gasteiger partial charge in [0.1, 0.15) is 11.9 Å². The quantitative estimate of drug-likeness (QED) is 0.851. The predicted molar refractivity (Wildman–Crippen MR) is 101 cm³/mol. The molecular formula is C21H25FN4O2. The van der Waals surface area contributed by atoms with Crippen molar-refractivity contribution in [2.75, 3.05) is 18.4 Å². The van der Waals surface area contributed by atoms with Crippen LogP contribution in [0.25, 0.3) is 0 Å². The van der Waals surface area contributed by atoms with Crippen LogP contribution in [-0.2, 0) is 4.79 Å². The Kier molecular flexibility index (Phi) is 4.14. The normalized spacial score (nSPS) is 26.1. The molecule has 3 aliphatic rings. The van der Waals surface area contributed by atoms with Crippen molar-refractivity contribution in [2.45, 2.75) is 56.9 Å². The number of nitrogens with one attached hydrogen (secondary N) is 1. The lowest BCUT2D eigenvalue weighted by molar-refractivity contribution is -0.133. The average Bonchev–Trinajstić information content (AvgIpc) is 3.61. The van der Waals surface area contributed by atoms with Gasteiger partial charge in [-0.25, -0.2) is 4.39 Å². The number of rotatable bonds is 5. The molecule has 2 heterocycles. The minimum atomic E-state index is -0.414. The van der Waals surface area contributed by atoms with E-state index in [1.165, 1.54) is 18.9 Å². The van der Waals surface area contributed by atoms with Crippen molar-refractivity contribution >= 4 is 11.9 Å². The number of aromatic nitrogens is 2. The third-order valence-corrected chi connectivity index (χ3v) is 6.66. The minimum Gasteiger partial charge on any atom is -0.408 e. The topological polar surface area (TPSA) is 71.3 Å². The van der Waals surface area contributed by atoms with Gasteiger partial charge in [-0.05, 0) is 62.0 Å². The largest absolute Gasteiger partial charge is 0.408 e. The van der Waals surface area contributed by atoms with Gasteiger partial charge in [0.25, 0.3) is 0 Å². The standard InChI is InChI=1S/C21H25FN4O2/c1-13(19(27)26-10-8-21(6-7-21)9-11-26)23-20-25-24-18(28-20)16-12-15(16)14-4-2-3-5-17(14)22/h2-5,13,15-16H,6-12H2,1H3,(H,23,25)/t13-,15?,16-/m1/s1. The summed E-state index contributed by atoms with van der Waals surface area (Å²) in [6.45, 7) is 3.51. The van der Waals surface area contributed by atoms with Crippen LogP contribution in [0.1, 0.15) is 62.3 Å². The van der Waals surface area contributed by atoms with E-state index in [1.54, 1.807) is 12.1 Å². The number of halogens is 1. The van der Waals surface area contributed by atoms with E-state index in [1.807, 2.05) is 17.9 Å². The first-order chi connectivity index (χ1) is 13.5. The summed E-state index contributed by atoms with van der Waals surface area (Å²) >= 11 is 0. The van der Waals surface area contributed by atoms with E-state index >= 15 is 0 Å². The molecule has 0 bridgehead atoms. The van der Waals surface area contributed by atoms with Gasteiger partial charge in [0.05, 0.1) is 0 Å². The summed E-state index contributed by atoms with van der Waals surface area (Å²) in [4.78, 5) is 14.6. The molecule has 3 fully saturated rings. The predicted octanol–water partition coefficient (Wildman–Crippen LogP) is 3.68. The first kappa shape index (κ1) is 17.6. The van der Waals surface area contributed by atoms with Crippen molar-refractivity contribution in [3.8, 4) is 0 Å². The Balaban J connectivity index is 1.18. The van der Waals surface area contributed by atoms with Crippen LogP contribution in [0, 0.1) is 11.2 Å². The molecule has 1 aliphatic heterocycles. The summed E-state index contributed by atoms with van der Waals surface area (Å²) in [5.41, 5.74) is 1.25. The number of benzene rings is 1. The van der Waals surface area contributed by atoms with E-state index in [2.05, 4.69) is 15.5 Å². The molecule has 1 spiro atoms. The summed E-state index contributed by atoms with van der Waals surface area (Å²) < 4.78 is 19.7. The Morgan fingerprint density at radius 3 is 2.68 bits per heavy atom. The van der Waals surface area contributed by atoms with Crippen molar-refractivity contribution in [2.24, 2.45) is 5.41 Å². The summed E-state index contributed by atoms with van der Waals surface area (Å²) in [5, 5.41) is 11.2. The first-order valence-electron chi connectivity index (χ1n) is 10.2. The van der Waals surface area contributed by atoms with Gasteiger partial charge < -0.3 is 14.6 Å². The number of hydrogen-bond donors (Lipinski definition) is 1. The van der Waals surface area contributed by atoms with Crippen molar-refractivity contribution in [1.29, 1.82) is 0 Å². The maximum Gasteiger partial charge on any atom is 0.316 e. The number of piperidine rings is 1. The highest BCUT2D eigenvalue weighted by Gasteiger charge is 2.46. The molecule has 1 aromatic carbocycles. The third kappa shape index (κ3) is 3.27. The maximum absolute atomic E-state index is 13.9. The Morgan fingerprint density at radius 1 is 1.21 bits per heavy atom. The molecule has 1 saturated heterocycles. The van der Waals surface area contributed by atoms with Gasteiger partial charge in [0.15, 0.2) is 0 Å². The van der Waals surface area contributed by atoms with E-state index in [9.17, 15) is 9.18 Å². The number of carbonyl (C=O) groups excluding carboxylic acids is 1. The summed E-state index contributed by atoms with van der Waals surface area (Å²) in [6, 6.07) is 6.66. The second kappa shape index (κ2) is 6.57. The number of likely N-dealkylation sites (tertiary alicyclic amines) is 1. The molecule has 7 heteroatoms. The summed E-state index contributed by atoms with van der Waals surface area (Å²) in [6.07, 6.45) is 5.68. The molecular weight excluding hydrogens is 359 g/mol. The van der Waals surface area contributed by atoms with Gasteiger partial charge >= 0.3 is 6.01 Å². The fourth-order valence-corrected chi connectivity index (χ4v) is 4.43. The third-order valence-electron chi connectivity index (χ3n) is 6.66. The highest BCUT2D eigenvalue weighted by atomic mass is 19.1. The molecule has 0 radical (unpaired) electrons. The molecule has 148 valence electrons. The average molecular weight is 384 g/mol. The number of hydrogen-bond acceptors (Lipinski definition) is 5. The number of amides is 1. The maximum atomic E-state index is 13.9. The fraction of sp³-hybridized carbons (Fsp3) is 0.571. The zero-order valence-corrected chi connectivity index (χ0v) is 16.0. The van der Waals surface area contributed by atoms with E-state index < -0.39 is 6.04 Å². The smallest absolute Gasteiger partial charge is 0.316 e. The lowest BCUT2D eigenvalue weighted by Crippen LogP contribution is -2.45. The van der Waals surface area contributed by atoms with Crippen LogP contribution >= 0.6 is 0 Å². The van der Waals surface area contributed by atoms with Crippen LogP contribution < -0.4 is 5.32 Å². The van der Waals surface area contributed by atoms with E-state index in [0.29, 0.717) is 16.9 Å². The number of anilines is 1. The molecule has 5 rings (SSSR count). The molecule has 2 aliphatic carbocycles. The highest BCUT2D eigenvalue weighted by Crippen LogP contribution is 2.55. The first-order valence-corrected chi connectivity index (χ1v) is 10.2. The van der Waals surface area contributed by atoms with Crippen molar-refractivity contribution < 1.29 is 13.6 Å². The number of carbonyl (C=O) groups is 1. The lowest BCUT2D eigenvalue weighted by atomic mass is 9.93. The van der Waals surface area contributed by atoms with Gasteiger partial charge in [-0.3, -0.25) is 4.79 Å². The fourth-order valence-electron chi connectivity index (χ4n) is 4.43. The lowest BCUT2D eigenvalue weighted by Gasteiger charge is -2.33. The van der Waals surface area contributed by atoms with Gasteiger partial charge in [0.2, 0.25) is 11.8 Å². The van der Waals surface area contributed by atoms with E-state index in [0.717, 1.165) is 32.4 Å². The van der Waals surface area contributed by atoms with Crippen molar-refractivity contribution in [3.05, 3.63) is 41.5 Å². The molecule has 2 aromatic rings. The van der Waals surface area contributed by atoms with Gasteiger partial charge in [-0.1, -0.05) is 23.3 Å². The molecule has 1 amide bonds. The molecule has 1 aromatic heterocycles. The molecule has 6 nitrogen and oxygen atoms in total. The molecule has 1 N–H and O–H groups in total. The van der Waals surface area contributed by atoms with Crippen LogP contribution in [0.15, 0.2) is 28.7 Å². The van der Waals surface area contributed by atoms with Gasteiger partial charge in [0, 0.05) is 19.0 Å². The van der Waals surface area contributed by atoms with Crippen LogP contribution in [0.2, 0.25) is 0 Å².